The van der Waals surface area contributed by atoms with Crippen LogP contribution in [-0.4, -0.2) is 12.9 Å². The van der Waals surface area contributed by atoms with Gasteiger partial charge in [0.05, 0.1) is 22.7 Å². The van der Waals surface area contributed by atoms with Crippen LogP contribution in [0.15, 0.2) is 30.3 Å². The molecule has 0 heterocycles. The molecule has 0 spiro atoms. The summed E-state index contributed by atoms with van der Waals surface area (Å²) in [4.78, 5) is 12.2. The molecule has 2 aromatic rings. The van der Waals surface area contributed by atoms with Gasteiger partial charge in [0.25, 0.3) is 0 Å². The van der Waals surface area contributed by atoms with Gasteiger partial charge in [0.2, 0.25) is 0 Å². The lowest BCUT2D eigenvalue weighted by atomic mass is 10.0. The molecule has 0 saturated heterocycles. The molecular formula is C14H8Cl2F2O2. The highest BCUT2D eigenvalue weighted by atomic mass is 35.5. The van der Waals surface area contributed by atoms with Crippen LogP contribution in [-0.2, 0) is 0 Å². The molecule has 20 heavy (non-hydrogen) atoms. The summed E-state index contributed by atoms with van der Waals surface area (Å²) in [6.07, 6.45) is 0. The van der Waals surface area contributed by atoms with Gasteiger partial charge in [0.15, 0.2) is 17.4 Å². The van der Waals surface area contributed by atoms with Crippen LogP contribution >= 0.6 is 23.2 Å². The summed E-state index contributed by atoms with van der Waals surface area (Å²) in [6, 6.07) is 5.94. The van der Waals surface area contributed by atoms with Crippen molar-refractivity contribution in [1.82, 2.24) is 0 Å². The van der Waals surface area contributed by atoms with Crippen LogP contribution in [0.4, 0.5) is 8.78 Å². The van der Waals surface area contributed by atoms with Crippen molar-refractivity contribution < 1.29 is 18.3 Å². The van der Waals surface area contributed by atoms with Crippen molar-refractivity contribution in [2.24, 2.45) is 0 Å². The van der Waals surface area contributed by atoms with E-state index in [1.807, 2.05) is 0 Å². The molecule has 0 aliphatic rings. The zero-order chi connectivity index (χ0) is 14.9. The lowest BCUT2D eigenvalue weighted by Crippen LogP contribution is -2.07. The smallest absolute Gasteiger partial charge is 0.197 e. The standard InChI is InChI=1S/C14H8Cl2F2O2/c1-20-12-6-9(15)8(5-10(12)16)14(19)7-3-2-4-11(17)13(7)18/h2-6H,1H3. The Morgan fingerprint density at radius 1 is 1.10 bits per heavy atom. The van der Waals surface area contributed by atoms with Crippen molar-refractivity contribution in [3.63, 3.8) is 0 Å². The third-order valence-electron chi connectivity index (χ3n) is 2.68. The molecule has 0 aliphatic carbocycles. The molecule has 0 unspecified atom stereocenters. The lowest BCUT2D eigenvalue weighted by molar-refractivity contribution is 0.103. The van der Waals surface area contributed by atoms with E-state index in [1.54, 1.807) is 0 Å². The molecule has 0 bridgehead atoms. The van der Waals surface area contributed by atoms with Gasteiger partial charge in [0, 0.05) is 11.6 Å². The summed E-state index contributed by atoms with van der Waals surface area (Å²) in [6.45, 7) is 0. The number of rotatable bonds is 3. The first-order valence-corrected chi connectivity index (χ1v) is 6.23. The molecule has 2 nitrogen and oxygen atoms in total. The summed E-state index contributed by atoms with van der Waals surface area (Å²) >= 11 is 11.8. The maximum Gasteiger partial charge on any atom is 0.197 e. The van der Waals surface area contributed by atoms with Gasteiger partial charge in [-0.05, 0) is 18.2 Å². The molecule has 2 rings (SSSR count). The Morgan fingerprint density at radius 2 is 1.80 bits per heavy atom. The van der Waals surface area contributed by atoms with Crippen LogP contribution in [0.1, 0.15) is 15.9 Å². The summed E-state index contributed by atoms with van der Waals surface area (Å²) in [7, 11) is 1.39. The molecule has 6 heteroatoms. The van der Waals surface area contributed by atoms with Gasteiger partial charge < -0.3 is 4.74 Å². The Labute approximate surface area is 123 Å². The van der Waals surface area contributed by atoms with Crippen molar-refractivity contribution >= 4 is 29.0 Å². The van der Waals surface area contributed by atoms with Gasteiger partial charge in [-0.2, -0.15) is 0 Å². The Morgan fingerprint density at radius 3 is 2.45 bits per heavy atom. The second kappa shape index (κ2) is 5.77. The Bertz CT molecular complexity index is 687. The van der Waals surface area contributed by atoms with Crippen molar-refractivity contribution in [3.8, 4) is 5.75 Å². The van der Waals surface area contributed by atoms with Crippen LogP contribution in [0.25, 0.3) is 0 Å². The van der Waals surface area contributed by atoms with Gasteiger partial charge in [-0.3, -0.25) is 4.79 Å². The molecule has 0 radical (unpaired) electrons. The fourth-order valence-electron chi connectivity index (χ4n) is 1.68. The fourth-order valence-corrected chi connectivity index (χ4v) is 2.16. The third kappa shape index (κ3) is 2.62. The van der Waals surface area contributed by atoms with Gasteiger partial charge in [-0.25, -0.2) is 8.78 Å². The molecule has 0 aliphatic heterocycles. The summed E-state index contributed by atoms with van der Waals surface area (Å²) < 4.78 is 31.7. The fraction of sp³-hybridized carbons (Fsp3) is 0.0714. The number of methoxy groups -OCH3 is 1. The number of benzene rings is 2. The number of carbonyl (C=O) groups is 1. The van der Waals surface area contributed by atoms with Crippen molar-refractivity contribution in [2.45, 2.75) is 0 Å². The van der Waals surface area contributed by atoms with E-state index in [0.717, 1.165) is 6.07 Å². The molecule has 0 fully saturated rings. The van der Waals surface area contributed by atoms with Crippen molar-refractivity contribution in [2.75, 3.05) is 7.11 Å². The maximum absolute atomic E-state index is 13.6. The van der Waals surface area contributed by atoms with Crippen LogP contribution in [0, 0.1) is 11.6 Å². The largest absolute Gasteiger partial charge is 0.495 e. The maximum atomic E-state index is 13.6. The number of ketones is 1. The number of halogens is 4. The second-order valence-corrected chi connectivity index (χ2v) is 4.71. The molecule has 2 aromatic carbocycles. The van der Waals surface area contributed by atoms with E-state index in [1.165, 1.54) is 31.4 Å². The predicted molar refractivity (Wildman–Crippen MR) is 72.8 cm³/mol. The highest BCUT2D eigenvalue weighted by molar-refractivity contribution is 6.37. The average Bonchev–Trinajstić information content (AvgIpc) is 2.43. The van der Waals surface area contributed by atoms with Crippen LogP contribution in [0.5, 0.6) is 5.75 Å². The first-order valence-electron chi connectivity index (χ1n) is 5.47. The normalized spacial score (nSPS) is 10.4. The van der Waals surface area contributed by atoms with Crippen molar-refractivity contribution in [1.29, 1.82) is 0 Å². The van der Waals surface area contributed by atoms with Crippen LogP contribution < -0.4 is 4.74 Å². The first-order chi connectivity index (χ1) is 9.45. The average molecular weight is 317 g/mol. The molecular weight excluding hydrogens is 309 g/mol. The molecule has 0 aromatic heterocycles. The lowest BCUT2D eigenvalue weighted by Gasteiger charge is -2.09. The molecule has 0 saturated carbocycles. The molecule has 0 N–H and O–H groups in total. The number of hydrogen-bond acceptors (Lipinski definition) is 2. The quantitative estimate of drug-likeness (QED) is 0.779. The number of carbonyl (C=O) groups excluding carboxylic acids is 1. The van der Waals surface area contributed by atoms with E-state index in [9.17, 15) is 13.6 Å². The van der Waals surface area contributed by atoms with E-state index < -0.39 is 23.0 Å². The molecule has 104 valence electrons. The van der Waals surface area contributed by atoms with Crippen molar-refractivity contribution in [3.05, 3.63) is 63.1 Å². The number of ether oxygens (including phenoxy) is 1. The second-order valence-electron chi connectivity index (χ2n) is 3.90. The van der Waals surface area contributed by atoms with Gasteiger partial charge >= 0.3 is 0 Å². The molecule has 0 amide bonds. The van der Waals surface area contributed by atoms with Crippen LogP contribution in [0.3, 0.4) is 0 Å². The summed E-state index contributed by atoms with van der Waals surface area (Å²) in [5.74, 6) is -2.79. The zero-order valence-corrected chi connectivity index (χ0v) is 11.7. The van der Waals surface area contributed by atoms with E-state index in [4.69, 9.17) is 27.9 Å². The van der Waals surface area contributed by atoms with Crippen LogP contribution in [0.2, 0.25) is 10.0 Å². The van der Waals surface area contributed by atoms with Gasteiger partial charge in [-0.1, -0.05) is 29.3 Å². The highest BCUT2D eigenvalue weighted by Gasteiger charge is 2.20. The Hall–Kier alpha value is -1.65. The first kappa shape index (κ1) is 14.8. The zero-order valence-electron chi connectivity index (χ0n) is 10.2. The highest BCUT2D eigenvalue weighted by Crippen LogP contribution is 2.32. The minimum Gasteiger partial charge on any atom is -0.495 e. The minimum absolute atomic E-state index is 0.0260. The van der Waals surface area contributed by atoms with Gasteiger partial charge in [-0.15, -0.1) is 0 Å². The monoisotopic (exact) mass is 316 g/mol. The molecule has 0 atom stereocenters. The number of hydrogen-bond donors (Lipinski definition) is 0. The van der Waals surface area contributed by atoms with E-state index in [-0.39, 0.29) is 21.4 Å². The minimum atomic E-state index is -1.22. The van der Waals surface area contributed by atoms with E-state index in [2.05, 4.69) is 0 Å². The Balaban J connectivity index is 2.54. The van der Waals surface area contributed by atoms with E-state index in [0.29, 0.717) is 0 Å². The SMILES string of the molecule is COc1cc(Cl)c(C(=O)c2cccc(F)c2F)cc1Cl. The predicted octanol–water partition coefficient (Wildman–Crippen LogP) is 4.51. The Kier molecular flexibility index (Phi) is 4.26. The summed E-state index contributed by atoms with van der Waals surface area (Å²) in [5, 5.41) is 0.192. The van der Waals surface area contributed by atoms with E-state index >= 15 is 0 Å². The summed E-state index contributed by atoms with van der Waals surface area (Å²) in [5.41, 5.74) is -0.435. The van der Waals surface area contributed by atoms with Gasteiger partial charge in [0.1, 0.15) is 5.75 Å². The topological polar surface area (TPSA) is 26.3 Å². The third-order valence-corrected chi connectivity index (χ3v) is 3.29.